The number of nitrogens with two attached hydrogens (primary N) is 2. The van der Waals surface area contributed by atoms with Crippen molar-refractivity contribution >= 4 is 17.9 Å². The molecular weight excluding hydrogens is 218 g/mol. The molecule has 0 spiro atoms. The van der Waals surface area contributed by atoms with Gasteiger partial charge >= 0.3 is 0 Å². The zero-order valence-electron chi connectivity index (χ0n) is 10.5. The summed E-state index contributed by atoms with van der Waals surface area (Å²) in [6, 6.07) is -0.0820. The number of nitrogens with zero attached hydrogens (tertiary/aromatic N) is 3. The van der Waals surface area contributed by atoms with Gasteiger partial charge in [0.25, 0.3) is 0 Å². The van der Waals surface area contributed by atoms with E-state index in [0.717, 1.165) is 6.42 Å². The third kappa shape index (κ3) is 3.67. The third-order valence-corrected chi connectivity index (χ3v) is 2.19. The van der Waals surface area contributed by atoms with E-state index >= 15 is 0 Å². The molecule has 6 nitrogen and oxygen atoms in total. The van der Waals surface area contributed by atoms with Gasteiger partial charge in [-0.1, -0.05) is 6.92 Å². The summed E-state index contributed by atoms with van der Waals surface area (Å²) >= 11 is 0. The van der Waals surface area contributed by atoms with Crippen LogP contribution in [-0.4, -0.2) is 28.8 Å². The van der Waals surface area contributed by atoms with E-state index in [0.29, 0.717) is 23.9 Å². The molecule has 1 aromatic heterocycles. The first-order valence-electron chi connectivity index (χ1n) is 5.65. The highest BCUT2D eigenvalue weighted by molar-refractivity contribution is 5.71. The Kier molecular flexibility index (Phi) is 4.84. The van der Waals surface area contributed by atoms with Crippen molar-refractivity contribution in [3.05, 3.63) is 5.69 Å². The monoisotopic (exact) mass is 237 g/mol. The van der Waals surface area contributed by atoms with Crippen LogP contribution >= 0.6 is 0 Å². The van der Waals surface area contributed by atoms with Crippen LogP contribution in [0, 0.1) is 6.92 Å². The summed E-state index contributed by atoms with van der Waals surface area (Å²) < 4.78 is 5.38. The van der Waals surface area contributed by atoms with Crippen LogP contribution in [0.5, 0.6) is 5.88 Å². The minimum Gasteiger partial charge on any atom is -0.476 e. The lowest BCUT2D eigenvalue weighted by molar-refractivity contribution is 0.328. The van der Waals surface area contributed by atoms with Gasteiger partial charge < -0.3 is 16.2 Å². The normalized spacial score (nSPS) is 12.9. The Morgan fingerprint density at radius 1 is 1.41 bits per heavy atom. The largest absolute Gasteiger partial charge is 0.476 e. The summed E-state index contributed by atoms with van der Waals surface area (Å²) in [5.74, 6) is 0.585. The highest BCUT2D eigenvalue weighted by atomic mass is 16.5. The standard InChI is InChI=1S/C11H19N5O/c1-4-8(12)6-14-9-7(3)15-11(13)16-10(9)17-5-2/h6,8H,4-5,12H2,1-3H3,(H2,13,15,16). The zero-order chi connectivity index (χ0) is 12.8. The number of nitrogen functional groups attached to an aromatic ring is 1. The maximum Gasteiger partial charge on any atom is 0.245 e. The van der Waals surface area contributed by atoms with Gasteiger partial charge in [0, 0.05) is 12.3 Å². The van der Waals surface area contributed by atoms with Gasteiger partial charge in [-0.15, -0.1) is 0 Å². The topological polar surface area (TPSA) is 99.4 Å². The van der Waals surface area contributed by atoms with Crippen LogP contribution in [0.4, 0.5) is 11.6 Å². The van der Waals surface area contributed by atoms with E-state index in [1.54, 1.807) is 6.21 Å². The maximum atomic E-state index is 5.77. The quantitative estimate of drug-likeness (QED) is 0.750. The minimum absolute atomic E-state index is 0.0820. The highest BCUT2D eigenvalue weighted by Crippen LogP contribution is 2.28. The lowest BCUT2D eigenvalue weighted by Crippen LogP contribution is -2.19. The molecule has 0 aliphatic heterocycles. The predicted molar refractivity (Wildman–Crippen MR) is 68.8 cm³/mol. The van der Waals surface area contributed by atoms with E-state index < -0.39 is 0 Å². The molecule has 0 fully saturated rings. The van der Waals surface area contributed by atoms with E-state index in [1.807, 2.05) is 20.8 Å². The van der Waals surface area contributed by atoms with Crippen molar-refractivity contribution in [1.82, 2.24) is 9.97 Å². The second kappa shape index (κ2) is 6.15. The first-order valence-corrected chi connectivity index (χ1v) is 5.65. The molecule has 6 heteroatoms. The summed E-state index contributed by atoms with van der Waals surface area (Å²) in [5.41, 5.74) is 12.6. The Balaban J connectivity index is 3.07. The van der Waals surface area contributed by atoms with Crippen molar-refractivity contribution in [2.45, 2.75) is 33.2 Å². The molecule has 0 radical (unpaired) electrons. The Labute approximate surface area is 101 Å². The molecule has 0 amide bonds. The fraction of sp³-hybridized carbons (Fsp3) is 0.545. The fourth-order valence-electron chi connectivity index (χ4n) is 1.22. The smallest absolute Gasteiger partial charge is 0.245 e. The van der Waals surface area contributed by atoms with Crippen molar-refractivity contribution in [3.63, 3.8) is 0 Å². The summed E-state index contributed by atoms with van der Waals surface area (Å²) in [4.78, 5) is 12.4. The molecule has 1 rings (SSSR count). The van der Waals surface area contributed by atoms with Crippen molar-refractivity contribution in [2.75, 3.05) is 12.3 Å². The Morgan fingerprint density at radius 3 is 2.71 bits per heavy atom. The summed E-state index contributed by atoms with van der Waals surface area (Å²) in [6.07, 6.45) is 2.49. The average Bonchev–Trinajstić information content (AvgIpc) is 2.27. The van der Waals surface area contributed by atoms with Crippen molar-refractivity contribution in [2.24, 2.45) is 10.7 Å². The third-order valence-electron chi connectivity index (χ3n) is 2.19. The molecule has 1 heterocycles. The van der Waals surface area contributed by atoms with E-state index in [-0.39, 0.29) is 12.0 Å². The number of rotatable bonds is 5. The number of hydrogen-bond donors (Lipinski definition) is 2. The van der Waals surface area contributed by atoms with Gasteiger partial charge in [0.1, 0.15) is 5.69 Å². The van der Waals surface area contributed by atoms with Crippen LogP contribution < -0.4 is 16.2 Å². The van der Waals surface area contributed by atoms with E-state index in [9.17, 15) is 0 Å². The van der Waals surface area contributed by atoms with Crippen LogP contribution in [-0.2, 0) is 0 Å². The lowest BCUT2D eigenvalue weighted by atomic mass is 10.2. The fourth-order valence-corrected chi connectivity index (χ4v) is 1.22. The van der Waals surface area contributed by atoms with Crippen molar-refractivity contribution < 1.29 is 4.74 Å². The number of ether oxygens (including phenoxy) is 1. The molecule has 0 saturated heterocycles. The first kappa shape index (κ1) is 13.4. The van der Waals surface area contributed by atoms with Crippen LogP contribution in [0.15, 0.2) is 4.99 Å². The second-order valence-corrected chi connectivity index (χ2v) is 3.60. The molecule has 0 saturated carbocycles. The molecule has 1 aromatic rings. The average molecular weight is 237 g/mol. The highest BCUT2D eigenvalue weighted by Gasteiger charge is 2.10. The van der Waals surface area contributed by atoms with Crippen molar-refractivity contribution in [1.29, 1.82) is 0 Å². The van der Waals surface area contributed by atoms with Gasteiger partial charge in [0.05, 0.1) is 12.3 Å². The summed E-state index contributed by atoms with van der Waals surface area (Å²) in [7, 11) is 0. The molecular formula is C11H19N5O. The number of aryl methyl sites for hydroxylation is 1. The number of hydrogen-bond acceptors (Lipinski definition) is 6. The Morgan fingerprint density at radius 2 is 2.12 bits per heavy atom. The predicted octanol–water partition coefficient (Wildman–Crippen LogP) is 1.21. The van der Waals surface area contributed by atoms with Gasteiger partial charge in [-0.25, -0.2) is 4.98 Å². The lowest BCUT2D eigenvalue weighted by Gasteiger charge is -2.09. The molecule has 94 valence electrons. The summed E-state index contributed by atoms with van der Waals surface area (Å²) in [6.45, 7) is 6.17. The molecule has 0 bridgehead atoms. The van der Waals surface area contributed by atoms with E-state index in [4.69, 9.17) is 16.2 Å². The van der Waals surface area contributed by atoms with E-state index in [1.165, 1.54) is 0 Å². The van der Waals surface area contributed by atoms with Gasteiger partial charge in [-0.05, 0) is 20.3 Å². The maximum absolute atomic E-state index is 5.77. The van der Waals surface area contributed by atoms with E-state index in [2.05, 4.69) is 15.0 Å². The van der Waals surface area contributed by atoms with Crippen LogP contribution in [0.1, 0.15) is 26.0 Å². The molecule has 1 atom stereocenters. The SMILES string of the molecule is CCOc1nc(N)nc(C)c1N=CC(N)CC. The van der Waals surface area contributed by atoms with Crippen molar-refractivity contribution in [3.8, 4) is 5.88 Å². The molecule has 0 aromatic carbocycles. The number of anilines is 1. The molecule has 0 aliphatic rings. The first-order chi connectivity index (χ1) is 8.08. The van der Waals surface area contributed by atoms with Gasteiger partial charge in [-0.3, -0.25) is 4.99 Å². The molecule has 0 aliphatic carbocycles. The zero-order valence-corrected chi connectivity index (χ0v) is 10.5. The molecule has 17 heavy (non-hydrogen) atoms. The minimum atomic E-state index is -0.0820. The van der Waals surface area contributed by atoms with Crippen LogP contribution in [0.2, 0.25) is 0 Å². The van der Waals surface area contributed by atoms with Gasteiger partial charge in [-0.2, -0.15) is 4.98 Å². The Hall–Kier alpha value is -1.69. The second-order valence-electron chi connectivity index (χ2n) is 3.60. The summed E-state index contributed by atoms with van der Waals surface area (Å²) in [5, 5.41) is 0. The molecule has 4 N–H and O–H groups in total. The number of aromatic nitrogens is 2. The Bertz CT molecular complexity index is 405. The van der Waals surface area contributed by atoms with Crippen LogP contribution in [0.3, 0.4) is 0 Å². The number of aliphatic imine (C=N–C) groups is 1. The van der Waals surface area contributed by atoms with Crippen LogP contribution in [0.25, 0.3) is 0 Å². The van der Waals surface area contributed by atoms with Gasteiger partial charge in [0.2, 0.25) is 11.8 Å². The molecule has 1 unspecified atom stereocenters. The van der Waals surface area contributed by atoms with Gasteiger partial charge in [0.15, 0.2) is 0 Å².